The number of anilines is 1. The van der Waals surface area contributed by atoms with Gasteiger partial charge in [0.05, 0.1) is 13.2 Å². The smallest absolute Gasteiger partial charge is 0.0722 e. The molecule has 2 nitrogen and oxygen atoms in total. The summed E-state index contributed by atoms with van der Waals surface area (Å²) >= 11 is 9.31. The molecule has 0 heterocycles. The van der Waals surface area contributed by atoms with Gasteiger partial charge in [-0.05, 0) is 41.5 Å². The lowest BCUT2D eigenvalue weighted by Crippen LogP contribution is -1.95. The molecule has 0 amide bonds. The van der Waals surface area contributed by atoms with Gasteiger partial charge in [-0.25, -0.2) is 0 Å². The van der Waals surface area contributed by atoms with Crippen LogP contribution in [0.15, 0.2) is 46.9 Å². The highest BCUT2D eigenvalue weighted by Crippen LogP contribution is 2.18. The van der Waals surface area contributed by atoms with Crippen LogP contribution in [0.25, 0.3) is 0 Å². The zero-order chi connectivity index (χ0) is 13.0. The third-order valence-electron chi connectivity index (χ3n) is 2.41. The fourth-order valence-electron chi connectivity index (χ4n) is 1.67. The summed E-state index contributed by atoms with van der Waals surface area (Å²) in [7, 11) is 0. The van der Waals surface area contributed by atoms with Crippen LogP contribution in [0.2, 0.25) is 5.02 Å². The van der Waals surface area contributed by atoms with Gasteiger partial charge in [-0.1, -0.05) is 39.7 Å². The highest BCUT2D eigenvalue weighted by atomic mass is 79.9. The van der Waals surface area contributed by atoms with E-state index in [0.717, 1.165) is 26.3 Å². The van der Waals surface area contributed by atoms with Crippen molar-refractivity contribution in [2.75, 3.05) is 5.73 Å². The van der Waals surface area contributed by atoms with Crippen molar-refractivity contribution in [2.24, 2.45) is 0 Å². The van der Waals surface area contributed by atoms with Gasteiger partial charge in [0, 0.05) is 15.2 Å². The van der Waals surface area contributed by atoms with Crippen molar-refractivity contribution in [3.8, 4) is 0 Å². The van der Waals surface area contributed by atoms with Crippen molar-refractivity contribution in [1.82, 2.24) is 0 Å². The van der Waals surface area contributed by atoms with Crippen molar-refractivity contribution in [3.63, 3.8) is 0 Å². The van der Waals surface area contributed by atoms with E-state index in [2.05, 4.69) is 15.9 Å². The first kappa shape index (κ1) is 13.4. The van der Waals surface area contributed by atoms with E-state index in [-0.39, 0.29) is 0 Å². The maximum absolute atomic E-state index is 5.90. The molecule has 0 atom stereocenters. The topological polar surface area (TPSA) is 35.2 Å². The molecule has 18 heavy (non-hydrogen) atoms. The Labute approximate surface area is 120 Å². The average molecular weight is 327 g/mol. The van der Waals surface area contributed by atoms with Crippen molar-refractivity contribution >= 4 is 33.2 Å². The summed E-state index contributed by atoms with van der Waals surface area (Å²) in [6.45, 7) is 1.06. The Bertz CT molecular complexity index is 525. The van der Waals surface area contributed by atoms with Crippen LogP contribution in [0.3, 0.4) is 0 Å². The minimum Gasteiger partial charge on any atom is -0.399 e. The quantitative estimate of drug-likeness (QED) is 0.845. The Morgan fingerprint density at radius 1 is 1.06 bits per heavy atom. The predicted octanol–water partition coefficient (Wildman–Crippen LogP) is 4.40. The fraction of sp³-hybridized carbons (Fsp3) is 0.143. The highest BCUT2D eigenvalue weighted by molar-refractivity contribution is 9.10. The first-order valence-electron chi connectivity index (χ1n) is 5.50. The van der Waals surface area contributed by atoms with Gasteiger partial charge in [-0.3, -0.25) is 0 Å². The summed E-state index contributed by atoms with van der Waals surface area (Å²) < 4.78 is 6.60. The first-order valence-corrected chi connectivity index (χ1v) is 6.68. The van der Waals surface area contributed by atoms with Gasteiger partial charge in [0.25, 0.3) is 0 Å². The summed E-state index contributed by atoms with van der Waals surface area (Å²) in [6.07, 6.45) is 0. The highest BCUT2D eigenvalue weighted by Gasteiger charge is 1.99. The van der Waals surface area contributed by atoms with Crippen LogP contribution in [-0.4, -0.2) is 0 Å². The minimum atomic E-state index is 0.524. The van der Waals surface area contributed by atoms with E-state index in [1.807, 2.05) is 42.5 Å². The van der Waals surface area contributed by atoms with Crippen LogP contribution in [-0.2, 0) is 18.0 Å². The molecule has 2 N–H and O–H groups in total. The van der Waals surface area contributed by atoms with Crippen molar-refractivity contribution < 1.29 is 4.74 Å². The van der Waals surface area contributed by atoms with Gasteiger partial charge < -0.3 is 10.5 Å². The molecule has 0 unspecified atom stereocenters. The molecule has 2 aromatic carbocycles. The summed E-state index contributed by atoms with van der Waals surface area (Å²) in [5.74, 6) is 0. The van der Waals surface area contributed by atoms with Crippen molar-refractivity contribution in [3.05, 3.63) is 63.1 Å². The Morgan fingerprint density at radius 3 is 2.56 bits per heavy atom. The van der Waals surface area contributed by atoms with Crippen LogP contribution in [0.1, 0.15) is 11.1 Å². The van der Waals surface area contributed by atoms with E-state index in [1.165, 1.54) is 0 Å². The van der Waals surface area contributed by atoms with Crippen molar-refractivity contribution in [1.29, 1.82) is 0 Å². The summed E-state index contributed by atoms with van der Waals surface area (Å²) in [5, 5.41) is 0.725. The lowest BCUT2D eigenvalue weighted by molar-refractivity contribution is 0.107. The molecule has 0 saturated carbocycles. The fourth-order valence-corrected chi connectivity index (χ4v) is 2.44. The van der Waals surface area contributed by atoms with Crippen LogP contribution < -0.4 is 5.73 Å². The Kier molecular flexibility index (Phi) is 4.64. The number of hydrogen-bond acceptors (Lipinski definition) is 2. The van der Waals surface area contributed by atoms with E-state index >= 15 is 0 Å². The summed E-state index contributed by atoms with van der Waals surface area (Å²) in [5.41, 5.74) is 8.59. The molecule has 2 aromatic rings. The molecular weight excluding hydrogens is 314 g/mol. The van der Waals surface area contributed by atoms with E-state index < -0.39 is 0 Å². The van der Waals surface area contributed by atoms with Crippen LogP contribution in [0.5, 0.6) is 0 Å². The molecule has 94 valence electrons. The van der Waals surface area contributed by atoms with E-state index in [1.54, 1.807) is 0 Å². The second-order valence-electron chi connectivity index (χ2n) is 4.02. The molecule has 0 spiro atoms. The molecule has 4 heteroatoms. The lowest BCUT2D eigenvalue weighted by atomic mass is 10.2. The van der Waals surface area contributed by atoms with Gasteiger partial charge in [-0.15, -0.1) is 0 Å². The lowest BCUT2D eigenvalue weighted by Gasteiger charge is -2.06. The molecule has 0 fully saturated rings. The molecule has 0 radical (unpaired) electrons. The number of halogens is 2. The largest absolute Gasteiger partial charge is 0.399 e. The Hall–Kier alpha value is -1.03. The summed E-state index contributed by atoms with van der Waals surface area (Å²) in [6, 6.07) is 13.4. The van der Waals surface area contributed by atoms with E-state index in [9.17, 15) is 0 Å². The molecule has 0 aliphatic heterocycles. The normalized spacial score (nSPS) is 10.6. The molecule has 0 aromatic heterocycles. The van der Waals surface area contributed by atoms with Crippen LogP contribution >= 0.6 is 27.5 Å². The van der Waals surface area contributed by atoms with Gasteiger partial charge in [-0.2, -0.15) is 0 Å². The number of hydrogen-bond donors (Lipinski definition) is 1. The maximum atomic E-state index is 5.90. The van der Waals surface area contributed by atoms with E-state index in [4.69, 9.17) is 22.1 Å². The SMILES string of the molecule is Nc1cc(Br)cc(COCc2cccc(Cl)c2)c1. The van der Waals surface area contributed by atoms with Gasteiger partial charge >= 0.3 is 0 Å². The summed E-state index contributed by atoms with van der Waals surface area (Å²) in [4.78, 5) is 0. The van der Waals surface area contributed by atoms with Crippen LogP contribution in [0, 0.1) is 0 Å². The number of ether oxygens (including phenoxy) is 1. The number of benzene rings is 2. The third-order valence-corrected chi connectivity index (χ3v) is 3.10. The zero-order valence-corrected chi connectivity index (χ0v) is 12.0. The Balaban J connectivity index is 1.92. The third kappa shape index (κ3) is 4.02. The van der Waals surface area contributed by atoms with E-state index in [0.29, 0.717) is 13.2 Å². The molecule has 2 rings (SSSR count). The standard InChI is InChI=1S/C14H13BrClNO/c15-12-4-11(6-14(17)7-12)9-18-8-10-2-1-3-13(16)5-10/h1-7H,8-9,17H2. The second-order valence-corrected chi connectivity index (χ2v) is 5.37. The Morgan fingerprint density at radius 2 is 1.83 bits per heavy atom. The maximum Gasteiger partial charge on any atom is 0.0722 e. The molecular formula is C14H13BrClNO. The minimum absolute atomic E-state index is 0.524. The second kappa shape index (κ2) is 6.23. The van der Waals surface area contributed by atoms with Gasteiger partial charge in [0.2, 0.25) is 0 Å². The molecule has 0 aliphatic carbocycles. The number of nitrogen functional groups attached to an aromatic ring is 1. The first-order chi connectivity index (χ1) is 8.63. The predicted molar refractivity (Wildman–Crippen MR) is 78.5 cm³/mol. The van der Waals surface area contributed by atoms with Crippen molar-refractivity contribution in [2.45, 2.75) is 13.2 Å². The average Bonchev–Trinajstić information content (AvgIpc) is 2.27. The number of rotatable bonds is 4. The van der Waals surface area contributed by atoms with Gasteiger partial charge in [0.15, 0.2) is 0 Å². The monoisotopic (exact) mass is 325 g/mol. The molecule has 0 bridgehead atoms. The zero-order valence-electron chi connectivity index (χ0n) is 9.70. The van der Waals surface area contributed by atoms with Gasteiger partial charge in [0.1, 0.15) is 0 Å². The number of nitrogens with two attached hydrogens (primary N) is 1. The van der Waals surface area contributed by atoms with Crippen LogP contribution in [0.4, 0.5) is 5.69 Å². The molecule has 0 saturated heterocycles. The molecule has 0 aliphatic rings.